The molecule has 1 saturated heterocycles. The number of nitrogens with one attached hydrogen (secondary N) is 1. The van der Waals surface area contributed by atoms with E-state index in [9.17, 15) is 4.79 Å². The zero-order valence-corrected chi connectivity index (χ0v) is 17.6. The van der Waals surface area contributed by atoms with Crippen molar-refractivity contribution in [3.8, 4) is 5.75 Å². The Morgan fingerprint density at radius 3 is 2.77 bits per heavy atom. The second-order valence-electron chi connectivity index (χ2n) is 7.80. The van der Waals surface area contributed by atoms with Crippen molar-refractivity contribution >= 4 is 34.1 Å². The van der Waals surface area contributed by atoms with Crippen LogP contribution in [-0.4, -0.2) is 44.8 Å². The molecule has 5 rings (SSSR count). The maximum atomic E-state index is 13.1. The van der Waals surface area contributed by atoms with Crippen LogP contribution < -0.4 is 15.4 Å². The zero-order chi connectivity index (χ0) is 21.6. The number of nitrogens with two attached hydrogens (primary N) is 1. The van der Waals surface area contributed by atoms with Gasteiger partial charge in [0.2, 0.25) is 0 Å². The van der Waals surface area contributed by atoms with E-state index in [-0.39, 0.29) is 5.91 Å². The van der Waals surface area contributed by atoms with E-state index in [1.165, 1.54) is 0 Å². The number of aromatic amines is 1. The van der Waals surface area contributed by atoms with Gasteiger partial charge >= 0.3 is 0 Å². The molecule has 1 amide bonds. The van der Waals surface area contributed by atoms with Crippen molar-refractivity contribution in [1.82, 2.24) is 4.98 Å². The van der Waals surface area contributed by atoms with E-state index in [0.29, 0.717) is 31.8 Å². The fraction of sp³-hybridized carbons (Fsp3) is 0.292. The van der Waals surface area contributed by atoms with Gasteiger partial charge in [-0.3, -0.25) is 4.79 Å². The highest BCUT2D eigenvalue weighted by atomic mass is 16.7. The molecule has 1 aromatic heterocycles. The second kappa shape index (κ2) is 7.53. The van der Waals surface area contributed by atoms with Crippen molar-refractivity contribution in [2.45, 2.75) is 12.2 Å². The lowest BCUT2D eigenvalue weighted by molar-refractivity contribution is -0.168. The minimum atomic E-state index is -0.854. The van der Waals surface area contributed by atoms with Crippen molar-refractivity contribution in [3.63, 3.8) is 0 Å². The van der Waals surface area contributed by atoms with Crippen molar-refractivity contribution in [1.29, 1.82) is 0 Å². The summed E-state index contributed by atoms with van der Waals surface area (Å²) in [6.07, 6.45) is 4.39. The van der Waals surface area contributed by atoms with Crippen LogP contribution >= 0.6 is 0 Å². The van der Waals surface area contributed by atoms with Gasteiger partial charge in [-0.05, 0) is 43.0 Å². The largest absolute Gasteiger partial charge is 0.497 e. The van der Waals surface area contributed by atoms with Gasteiger partial charge < -0.3 is 29.8 Å². The Morgan fingerprint density at radius 2 is 2.03 bits per heavy atom. The Bertz CT molecular complexity index is 1190. The Balaban J connectivity index is 1.63. The SMILES string of the molecule is COc1ccc2[nH]cc(/C=C3\C(=O)N(C)c4ccc(C5(CCN)OCCO5)cc43)c2c1. The summed E-state index contributed by atoms with van der Waals surface area (Å²) in [5.41, 5.74) is 11.0. The molecule has 3 N–H and O–H groups in total. The van der Waals surface area contributed by atoms with Gasteiger partial charge in [-0.1, -0.05) is 6.07 Å². The number of nitrogens with zero attached hydrogens (tertiary/aromatic N) is 1. The first kappa shape index (κ1) is 19.8. The molecule has 0 spiro atoms. The number of ether oxygens (including phenoxy) is 3. The average Bonchev–Trinajstić information content (AvgIpc) is 3.48. The normalized spacial score (nSPS) is 18.9. The van der Waals surface area contributed by atoms with Crippen LogP contribution in [0.25, 0.3) is 22.6 Å². The van der Waals surface area contributed by atoms with Gasteiger partial charge in [0.1, 0.15) is 5.75 Å². The van der Waals surface area contributed by atoms with Gasteiger partial charge in [0.05, 0.1) is 26.0 Å². The lowest BCUT2D eigenvalue weighted by atomic mass is 9.96. The molecule has 31 heavy (non-hydrogen) atoms. The number of anilines is 1. The number of hydrogen-bond acceptors (Lipinski definition) is 5. The highest BCUT2D eigenvalue weighted by molar-refractivity contribution is 6.36. The number of hydrogen-bond donors (Lipinski definition) is 2. The van der Waals surface area contributed by atoms with Gasteiger partial charge in [-0.15, -0.1) is 0 Å². The fourth-order valence-electron chi connectivity index (χ4n) is 4.45. The zero-order valence-electron chi connectivity index (χ0n) is 17.6. The molecule has 3 aromatic rings. The number of methoxy groups -OCH3 is 1. The van der Waals surface area contributed by atoms with Crippen molar-refractivity contribution in [2.24, 2.45) is 5.73 Å². The van der Waals surface area contributed by atoms with Crippen LogP contribution in [-0.2, 0) is 20.1 Å². The van der Waals surface area contributed by atoms with E-state index in [2.05, 4.69) is 4.98 Å². The summed E-state index contributed by atoms with van der Waals surface area (Å²) in [5.74, 6) is -0.137. The van der Waals surface area contributed by atoms with Crippen molar-refractivity contribution in [2.75, 3.05) is 38.8 Å². The minimum Gasteiger partial charge on any atom is -0.497 e. The molecule has 0 bridgehead atoms. The first-order valence-electron chi connectivity index (χ1n) is 10.3. The summed E-state index contributed by atoms with van der Waals surface area (Å²) < 4.78 is 17.3. The number of H-pyrrole nitrogens is 1. The molecule has 0 saturated carbocycles. The van der Waals surface area contributed by atoms with Gasteiger partial charge in [-0.25, -0.2) is 0 Å². The number of aromatic nitrogens is 1. The summed E-state index contributed by atoms with van der Waals surface area (Å²) in [5, 5.41) is 0.994. The van der Waals surface area contributed by atoms with E-state index in [1.807, 2.05) is 48.7 Å². The van der Waals surface area contributed by atoms with Gasteiger partial charge in [0.25, 0.3) is 5.91 Å². The monoisotopic (exact) mass is 419 g/mol. The molecule has 160 valence electrons. The molecule has 2 aromatic carbocycles. The maximum Gasteiger partial charge on any atom is 0.258 e. The maximum absolute atomic E-state index is 13.1. The van der Waals surface area contributed by atoms with Gasteiger partial charge in [-0.2, -0.15) is 0 Å². The number of rotatable bonds is 5. The summed E-state index contributed by atoms with van der Waals surface area (Å²) in [7, 11) is 3.43. The van der Waals surface area contributed by atoms with E-state index in [0.717, 1.165) is 39.0 Å². The number of amides is 1. The Morgan fingerprint density at radius 1 is 1.23 bits per heavy atom. The van der Waals surface area contributed by atoms with E-state index < -0.39 is 5.79 Å². The third-order valence-corrected chi connectivity index (χ3v) is 6.07. The molecule has 0 atom stereocenters. The molecule has 7 heteroatoms. The predicted octanol–water partition coefficient (Wildman–Crippen LogP) is 3.24. The Kier molecular flexibility index (Phi) is 4.81. The summed E-state index contributed by atoms with van der Waals surface area (Å²) in [6, 6.07) is 11.8. The quantitative estimate of drug-likeness (QED) is 0.620. The summed E-state index contributed by atoms with van der Waals surface area (Å²) in [4.78, 5) is 18.1. The summed E-state index contributed by atoms with van der Waals surface area (Å²) in [6.45, 7) is 1.49. The van der Waals surface area contributed by atoms with Crippen LogP contribution in [0.2, 0.25) is 0 Å². The minimum absolute atomic E-state index is 0.0504. The summed E-state index contributed by atoms with van der Waals surface area (Å²) >= 11 is 0. The van der Waals surface area contributed by atoms with Gasteiger partial charge in [0, 0.05) is 52.8 Å². The smallest absolute Gasteiger partial charge is 0.258 e. The third-order valence-electron chi connectivity index (χ3n) is 6.07. The van der Waals surface area contributed by atoms with Crippen LogP contribution in [0.15, 0.2) is 42.6 Å². The fourth-order valence-corrected chi connectivity index (χ4v) is 4.45. The van der Waals surface area contributed by atoms with E-state index in [4.69, 9.17) is 19.9 Å². The molecule has 2 aliphatic heterocycles. The lowest BCUT2D eigenvalue weighted by Gasteiger charge is -2.28. The third kappa shape index (κ3) is 3.13. The standard InChI is InChI=1S/C24H25N3O4/c1-27-22-6-3-16(24(7-8-25)30-9-10-31-24)12-19(22)20(23(27)28)11-15-14-26-21-5-4-17(29-2)13-18(15)21/h3-6,11-14,26H,7-10,25H2,1-2H3/b20-11-. The first-order valence-corrected chi connectivity index (χ1v) is 10.3. The van der Waals surface area contributed by atoms with Crippen molar-refractivity contribution < 1.29 is 19.0 Å². The number of benzene rings is 2. The predicted molar refractivity (Wildman–Crippen MR) is 120 cm³/mol. The number of fused-ring (bicyclic) bond motifs is 2. The molecule has 0 unspecified atom stereocenters. The number of carbonyl (C=O) groups is 1. The molecule has 0 aliphatic carbocycles. The van der Waals surface area contributed by atoms with Gasteiger partial charge in [0.15, 0.2) is 5.79 Å². The molecule has 1 fully saturated rings. The topological polar surface area (TPSA) is 89.8 Å². The molecular formula is C24H25N3O4. The highest BCUT2D eigenvalue weighted by Crippen LogP contribution is 2.42. The Hall–Kier alpha value is -3.13. The second-order valence-corrected chi connectivity index (χ2v) is 7.80. The van der Waals surface area contributed by atoms with Crippen LogP contribution in [0.4, 0.5) is 5.69 Å². The van der Waals surface area contributed by atoms with Crippen LogP contribution in [0.5, 0.6) is 5.75 Å². The van der Waals surface area contributed by atoms with E-state index >= 15 is 0 Å². The lowest BCUT2D eigenvalue weighted by Crippen LogP contribution is -2.30. The number of likely N-dealkylation sites (N-methyl/N-ethyl adjacent to an activating group) is 1. The molecule has 0 radical (unpaired) electrons. The van der Waals surface area contributed by atoms with Crippen LogP contribution in [0.1, 0.15) is 23.1 Å². The van der Waals surface area contributed by atoms with Crippen LogP contribution in [0, 0.1) is 0 Å². The highest BCUT2D eigenvalue weighted by Gasteiger charge is 2.40. The van der Waals surface area contributed by atoms with Crippen LogP contribution in [0.3, 0.4) is 0 Å². The Labute approximate surface area is 180 Å². The molecule has 2 aliphatic rings. The molecule has 7 nitrogen and oxygen atoms in total. The van der Waals surface area contributed by atoms with E-state index in [1.54, 1.807) is 19.1 Å². The molecule has 3 heterocycles. The number of carbonyl (C=O) groups excluding carboxylic acids is 1. The average molecular weight is 419 g/mol. The molecular weight excluding hydrogens is 394 g/mol. The van der Waals surface area contributed by atoms with Crippen molar-refractivity contribution in [3.05, 3.63) is 59.3 Å². The first-order chi connectivity index (χ1) is 15.1.